The average Bonchev–Trinajstić information content (AvgIpc) is 3.21. The zero-order valence-corrected chi connectivity index (χ0v) is 17.2. The number of aromatic nitrogens is 4. The highest BCUT2D eigenvalue weighted by molar-refractivity contribution is 6.07. The second-order valence-electron chi connectivity index (χ2n) is 9.52. The molecule has 0 saturated heterocycles. The van der Waals surface area contributed by atoms with E-state index < -0.39 is 0 Å². The van der Waals surface area contributed by atoms with Crippen molar-refractivity contribution in [3.63, 3.8) is 0 Å². The molecule has 0 saturated carbocycles. The van der Waals surface area contributed by atoms with Crippen molar-refractivity contribution >= 4 is 38.7 Å². The van der Waals surface area contributed by atoms with Crippen molar-refractivity contribution < 1.29 is 4.42 Å². The molecule has 5 heteroatoms. The van der Waals surface area contributed by atoms with Gasteiger partial charge in [-0.3, -0.25) is 4.40 Å². The van der Waals surface area contributed by atoms with Crippen LogP contribution in [-0.4, -0.2) is 19.4 Å². The Morgan fingerprint density at radius 2 is 1.54 bits per heavy atom. The van der Waals surface area contributed by atoms with Gasteiger partial charge in [-0.05, 0) is 24.3 Å². The molecular formula is C23H24N4O. The molecule has 3 aromatic heterocycles. The van der Waals surface area contributed by atoms with E-state index in [0.717, 1.165) is 50.4 Å². The number of para-hydroxylation sites is 2. The van der Waals surface area contributed by atoms with Gasteiger partial charge in [0.25, 0.3) is 0 Å². The molecule has 3 heterocycles. The lowest BCUT2D eigenvalue weighted by atomic mass is 9.95. The summed E-state index contributed by atoms with van der Waals surface area (Å²) in [4.78, 5) is 14.9. The number of hydrogen-bond acceptors (Lipinski definition) is 4. The SMILES string of the molecule is CC(C)(C)c1nc2c(ccc3c2nc(C(C)(C)C)n2c4ccccc4nc32)o1. The van der Waals surface area contributed by atoms with Gasteiger partial charge in [-0.15, -0.1) is 0 Å². The molecule has 5 nitrogen and oxygen atoms in total. The first-order valence-electron chi connectivity index (χ1n) is 9.66. The van der Waals surface area contributed by atoms with E-state index in [4.69, 9.17) is 19.4 Å². The average molecular weight is 372 g/mol. The standard InChI is InChI=1S/C23H24N4O/c1-22(2,3)20-25-17-13(19-24-14-9-7-8-10-15(14)27(19)20)11-12-16-18(17)26-21(28-16)23(4,5)6/h7-12H,1-6H3. The van der Waals surface area contributed by atoms with Crippen molar-refractivity contribution in [1.82, 2.24) is 19.4 Å². The van der Waals surface area contributed by atoms with Gasteiger partial charge in [0, 0.05) is 16.2 Å². The third-order valence-corrected chi connectivity index (χ3v) is 5.08. The van der Waals surface area contributed by atoms with Gasteiger partial charge in [-0.1, -0.05) is 53.7 Å². The first-order chi connectivity index (χ1) is 13.1. The molecule has 142 valence electrons. The minimum absolute atomic E-state index is 0.158. The van der Waals surface area contributed by atoms with Gasteiger partial charge in [0.1, 0.15) is 22.5 Å². The lowest BCUT2D eigenvalue weighted by Gasteiger charge is -2.20. The molecule has 5 aromatic rings. The van der Waals surface area contributed by atoms with Gasteiger partial charge in [-0.25, -0.2) is 15.0 Å². The maximum Gasteiger partial charge on any atom is 0.200 e. The van der Waals surface area contributed by atoms with Crippen LogP contribution in [0, 0.1) is 0 Å². The minimum atomic E-state index is -0.162. The van der Waals surface area contributed by atoms with Crippen molar-refractivity contribution in [1.29, 1.82) is 0 Å². The number of oxazole rings is 1. The Hall–Kier alpha value is -2.95. The predicted octanol–water partition coefficient (Wildman–Crippen LogP) is 5.77. The van der Waals surface area contributed by atoms with Crippen molar-refractivity contribution in [2.24, 2.45) is 0 Å². The topological polar surface area (TPSA) is 56.2 Å². The Morgan fingerprint density at radius 3 is 2.25 bits per heavy atom. The maximum absolute atomic E-state index is 6.06. The molecule has 0 unspecified atom stereocenters. The summed E-state index contributed by atoms with van der Waals surface area (Å²) in [5, 5.41) is 0.991. The van der Waals surface area contributed by atoms with Gasteiger partial charge in [0.05, 0.1) is 11.0 Å². The molecule has 0 N–H and O–H groups in total. The summed E-state index contributed by atoms with van der Waals surface area (Å²) < 4.78 is 8.25. The zero-order chi connectivity index (χ0) is 19.8. The van der Waals surface area contributed by atoms with E-state index in [-0.39, 0.29) is 10.8 Å². The van der Waals surface area contributed by atoms with Crippen molar-refractivity contribution in [2.45, 2.75) is 52.4 Å². The van der Waals surface area contributed by atoms with Crippen LogP contribution < -0.4 is 0 Å². The van der Waals surface area contributed by atoms with Crippen molar-refractivity contribution in [3.05, 3.63) is 48.1 Å². The highest BCUT2D eigenvalue weighted by Crippen LogP contribution is 2.34. The molecule has 0 radical (unpaired) electrons. The van der Waals surface area contributed by atoms with Gasteiger partial charge in [-0.2, -0.15) is 0 Å². The molecule has 0 amide bonds. The van der Waals surface area contributed by atoms with Gasteiger partial charge >= 0.3 is 0 Å². The highest BCUT2D eigenvalue weighted by Gasteiger charge is 2.26. The van der Waals surface area contributed by atoms with E-state index in [1.807, 2.05) is 24.3 Å². The third kappa shape index (κ3) is 2.35. The highest BCUT2D eigenvalue weighted by atomic mass is 16.3. The van der Waals surface area contributed by atoms with E-state index in [1.165, 1.54) is 0 Å². The molecular weight excluding hydrogens is 348 g/mol. The van der Waals surface area contributed by atoms with Crippen molar-refractivity contribution in [2.75, 3.05) is 0 Å². The number of rotatable bonds is 0. The van der Waals surface area contributed by atoms with Crippen LogP contribution in [0.5, 0.6) is 0 Å². The molecule has 2 aromatic carbocycles. The quantitative estimate of drug-likeness (QED) is 0.346. The first-order valence-corrected chi connectivity index (χ1v) is 9.66. The number of hydrogen-bond donors (Lipinski definition) is 0. The van der Waals surface area contributed by atoms with E-state index in [2.05, 4.69) is 58.1 Å². The number of benzene rings is 2. The van der Waals surface area contributed by atoms with Crippen LogP contribution in [0.1, 0.15) is 53.3 Å². The fourth-order valence-corrected chi connectivity index (χ4v) is 3.67. The fraction of sp³-hybridized carbons (Fsp3) is 0.348. The summed E-state index contributed by atoms with van der Waals surface area (Å²) >= 11 is 0. The molecule has 0 bridgehead atoms. The summed E-state index contributed by atoms with van der Waals surface area (Å²) in [5.74, 6) is 1.69. The molecule has 0 fully saturated rings. The normalized spacial score (nSPS) is 13.4. The Morgan fingerprint density at radius 1 is 0.786 bits per heavy atom. The Kier molecular flexibility index (Phi) is 3.26. The third-order valence-electron chi connectivity index (χ3n) is 5.08. The fourth-order valence-electron chi connectivity index (χ4n) is 3.67. The molecule has 0 aliphatic heterocycles. The summed E-state index contributed by atoms with van der Waals surface area (Å²) in [7, 11) is 0. The van der Waals surface area contributed by atoms with E-state index in [1.54, 1.807) is 0 Å². The second-order valence-corrected chi connectivity index (χ2v) is 9.52. The van der Waals surface area contributed by atoms with Crippen molar-refractivity contribution in [3.8, 4) is 0 Å². The Labute approximate surface area is 163 Å². The summed E-state index contributed by atoms with van der Waals surface area (Å²) in [6, 6.07) is 12.3. The van der Waals surface area contributed by atoms with Crippen LogP contribution >= 0.6 is 0 Å². The minimum Gasteiger partial charge on any atom is -0.440 e. The molecule has 0 aliphatic rings. The Balaban J connectivity index is 2.01. The number of nitrogens with zero attached hydrogens (tertiary/aromatic N) is 4. The first kappa shape index (κ1) is 17.2. The van der Waals surface area contributed by atoms with Crippen LogP contribution in [-0.2, 0) is 10.8 Å². The molecule has 5 rings (SSSR count). The molecule has 0 spiro atoms. The monoisotopic (exact) mass is 372 g/mol. The van der Waals surface area contributed by atoms with Crippen LogP contribution in [0.3, 0.4) is 0 Å². The number of fused-ring (bicyclic) bond motifs is 7. The number of imidazole rings is 1. The largest absolute Gasteiger partial charge is 0.440 e. The lowest BCUT2D eigenvalue weighted by Crippen LogP contribution is -2.19. The van der Waals surface area contributed by atoms with Crippen LogP contribution in [0.25, 0.3) is 38.7 Å². The van der Waals surface area contributed by atoms with Crippen LogP contribution in [0.15, 0.2) is 40.8 Å². The van der Waals surface area contributed by atoms with E-state index in [0.29, 0.717) is 0 Å². The zero-order valence-electron chi connectivity index (χ0n) is 17.2. The summed E-state index contributed by atoms with van der Waals surface area (Å²) in [6.07, 6.45) is 0. The maximum atomic E-state index is 6.06. The summed E-state index contributed by atoms with van der Waals surface area (Å²) in [5.41, 5.74) is 5.07. The van der Waals surface area contributed by atoms with E-state index >= 15 is 0 Å². The predicted molar refractivity (Wildman–Crippen MR) is 113 cm³/mol. The van der Waals surface area contributed by atoms with E-state index in [9.17, 15) is 0 Å². The smallest absolute Gasteiger partial charge is 0.200 e. The van der Waals surface area contributed by atoms with Gasteiger partial charge in [0.15, 0.2) is 5.58 Å². The van der Waals surface area contributed by atoms with Crippen LogP contribution in [0.4, 0.5) is 0 Å². The molecule has 0 aliphatic carbocycles. The van der Waals surface area contributed by atoms with Gasteiger partial charge < -0.3 is 4.42 Å². The summed E-state index contributed by atoms with van der Waals surface area (Å²) in [6.45, 7) is 12.9. The second kappa shape index (κ2) is 5.31. The molecule has 28 heavy (non-hydrogen) atoms. The van der Waals surface area contributed by atoms with Gasteiger partial charge in [0.2, 0.25) is 5.89 Å². The molecule has 0 atom stereocenters. The Bertz CT molecular complexity index is 1380. The lowest BCUT2D eigenvalue weighted by molar-refractivity contribution is 0.411. The van der Waals surface area contributed by atoms with Crippen LogP contribution in [0.2, 0.25) is 0 Å².